The van der Waals surface area contributed by atoms with Crippen LogP contribution in [0.3, 0.4) is 0 Å². The molecule has 1 amide bonds. The molecule has 0 radical (unpaired) electrons. The van der Waals surface area contributed by atoms with Crippen LogP contribution in [-0.2, 0) is 11.0 Å². The number of nitrogens with zero attached hydrogens (tertiary/aromatic N) is 2. The van der Waals surface area contributed by atoms with E-state index in [9.17, 15) is 18.0 Å². The van der Waals surface area contributed by atoms with Crippen LogP contribution in [0.25, 0.3) is 0 Å². The van der Waals surface area contributed by atoms with Crippen LogP contribution >= 0.6 is 11.8 Å². The average molecular weight is 357 g/mol. The van der Waals surface area contributed by atoms with E-state index in [1.165, 1.54) is 12.1 Å². The van der Waals surface area contributed by atoms with E-state index in [-0.39, 0.29) is 5.91 Å². The van der Waals surface area contributed by atoms with Crippen LogP contribution in [0.15, 0.2) is 33.9 Å². The van der Waals surface area contributed by atoms with Crippen molar-refractivity contribution >= 4 is 23.4 Å². The molecule has 1 fully saturated rings. The highest BCUT2D eigenvalue weighted by atomic mass is 32.2. The van der Waals surface area contributed by atoms with Gasteiger partial charge in [-0.25, -0.2) is 0 Å². The topological polar surface area (TPSA) is 68.0 Å². The number of hydrogen-bond acceptors (Lipinski definition) is 5. The average Bonchev–Trinajstić information content (AvgIpc) is 3.27. The normalized spacial score (nSPS) is 16.0. The minimum absolute atomic E-state index is 0.296. The van der Waals surface area contributed by atoms with Gasteiger partial charge in [-0.15, -0.1) is 10.2 Å². The number of carbonyl (C=O) groups is 1. The molecule has 1 aliphatic rings. The summed E-state index contributed by atoms with van der Waals surface area (Å²) < 4.78 is 43.0. The molecule has 1 atom stereocenters. The lowest BCUT2D eigenvalue weighted by atomic mass is 10.2. The Morgan fingerprint density at radius 1 is 1.29 bits per heavy atom. The minimum atomic E-state index is -4.40. The highest BCUT2D eigenvalue weighted by Gasteiger charge is 2.31. The number of benzene rings is 1. The van der Waals surface area contributed by atoms with Crippen molar-refractivity contribution in [3.63, 3.8) is 0 Å². The summed E-state index contributed by atoms with van der Waals surface area (Å²) in [5.41, 5.74) is -0.467. The Labute approximate surface area is 140 Å². The van der Waals surface area contributed by atoms with Crippen LogP contribution in [0.1, 0.15) is 37.1 Å². The molecule has 1 N–H and O–H groups in total. The predicted octanol–water partition coefficient (Wildman–Crippen LogP) is 4.09. The van der Waals surface area contributed by atoms with Crippen molar-refractivity contribution < 1.29 is 22.4 Å². The third-order valence-corrected chi connectivity index (χ3v) is 4.41. The number of hydrogen-bond donors (Lipinski definition) is 1. The summed E-state index contributed by atoms with van der Waals surface area (Å²) in [7, 11) is 0. The Morgan fingerprint density at radius 3 is 2.54 bits per heavy atom. The minimum Gasteiger partial charge on any atom is -0.416 e. The predicted molar refractivity (Wildman–Crippen MR) is 81.7 cm³/mol. The van der Waals surface area contributed by atoms with Gasteiger partial charge in [0.2, 0.25) is 11.8 Å². The zero-order chi connectivity index (χ0) is 17.3. The summed E-state index contributed by atoms with van der Waals surface area (Å²) in [5.74, 6) is 0.571. The zero-order valence-electron chi connectivity index (χ0n) is 12.6. The lowest BCUT2D eigenvalue weighted by Gasteiger charge is -2.11. The molecule has 0 unspecified atom stereocenters. The molecule has 24 heavy (non-hydrogen) atoms. The standard InChI is InChI=1S/C15H14F3N3O2S/c1-8(24-14-21-20-13(23-14)9-2-3-9)12(22)19-11-6-4-10(5-7-11)15(16,17)18/h4-9H,2-3H2,1H3,(H,19,22)/t8-/m1/s1. The van der Waals surface area contributed by atoms with E-state index in [1.54, 1.807) is 6.92 Å². The molecule has 1 heterocycles. The number of aromatic nitrogens is 2. The summed E-state index contributed by atoms with van der Waals surface area (Å²) >= 11 is 1.11. The molecule has 0 spiro atoms. The Bertz CT molecular complexity index is 726. The molecule has 1 aromatic heterocycles. The van der Waals surface area contributed by atoms with Crippen LogP contribution in [0.2, 0.25) is 0 Å². The van der Waals surface area contributed by atoms with Gasteiger partial charge in [-0.2, -0.15) is 13.2 Å². The number of halogens is 3. The number of nitrogens with one attached hydrogen (secondary N) is 1. The maximum absolute atomic E-state index is 12.5. The van der Waals surface area contributed by atoms with Gasteiger partial charge >= 0.3 is 6.18 Å². The van der Waals surface area contributed by atoms with Crippen LogP contribution in [0, 0.1) is 0 Å². The molecule has 3 rings (SSSR count). The third kappa shape index (κ3) is 4.08. The van der Waals surface area contributed by atoms with Crippen molar-refractivity contribution in [2.45, 2.75) is 42.3 Å². The molecular weight excluding hydrogens is 343 g/mol. The molecular formula is C15H14F3N3O2S. The quantitative estimate of drug-likeness (QED) is 0.817. The highest BCUT2D eigenvalue weighted by molar-refractivity contribution is 8.00. The van der Waals surface area contributed by atoms with Gasteiger partial charge in [0.15, 0.2) is 0 Å². The summed E-state index contributed by atoms with van der Waals surface area (Å²) in [5, 5.41) is 10.2. The van der Waals surface area contributed by atoms with Gasteiger partial charge in [-0.1, -0.05) is 11.8 Å². The van der Waals surface area contributed by atoms with E-state index in [0.29, 0.717) is 22.7 Å². The van der Waals surface area contributed by atoms with E-state index < -0.39 is 17.0 Å². The maximum atomic E-state index is 12.5. The Kier molecular flexibility index (Phi) is 4.53. The van der Waals surface area contributed by atoms with Crippen molar-refractivity contribution in [1.29, 1.82) is 0 Å². The lowest BCUT2D eigenvalue weighted by Crippen LogP contribution is -2.22. The Morgan fingerprint density at radius 2 is 1.96 bits per heavy atom. The van der Waals surface area contributed by atoms with E-state index >= 15 is 0 Å². The summed E-state index contributed by atoms with van der Waals surface area (Å²) in [6, 6.07) is 4.28. The molecule has 128 valence electrons. The van der Waals surface area contributed by atoms with Gasteiger partial charge in [0.1, 0.15) is 0 Å². The van der Waals surface area contributed by atoms with E-state index in [2.05, 4.69) is 15.5 Å². The van der Waals surface area contributed by atoms with Crippen LogP contribution < -0.4 is 5.32 Å². The lowest BCUT2D eigenvalue weighted by molar-refractivity contribution is -0.137. The van der Waals surface area contributed by atoms with Gasteiger partial charge in [0.05, 0.1) is 10.8 Å². The fraction of sp³-hybridized carbons (Fsp3) is 0.400. The van der Waals surface area contributed by atoms with E-state index in [0.717, 1.165) is 36.7 Å². The number of amides is 1. The first-order valence-corrected chi connectivity index (χ1v) is 8.19. The van der Waals surface area contributed by atoms with Crippen molar-refractivity contribution in [3.05, 3.63) is 35.7 Å². The molecule has 0 saturated heterocycles. The van der Waals surface area contributed by atoms with Gasteiger partial charge in [-0.05, 0) is 44.0 Å². The fourth-order valence-electron chi connectivity index (χ4n) is 1.95. The maximum Gasteiger partial charge on any atom is 0.416 e. The highest BCUT2D eigenvalue weighted by Crippen LogP contribution is 2.40. The fourth-order valence-corrected chi connectivity index (χ4v) is 2.64. The Balaban J connectivity index is 1.57. The second-order valence-electron chi connectivity index (χ2n) is 5.50. The largest absolute Gasteiger partial charge is 0.416 e. The molecule has 9 heteroatoms. The van der Waals surface area contributed by atoms with Crippen molar-refractivity contribution in [3.8, 4) is 0 Å². The summed E-state index contributed by atoms with van der Waals surface area (Å²) in [6.07, 6.45) is -2.32. The van der Waals surface area contributed by atoms with Crippen molar-refractivity contribution in [2.24, 2.45) is 0 Å². The smallest absolute Gasteiger partial charge is 0.416 e. The van der Waals surface area contributed by atoms with Crippen molar-refractivity contribution in [2.75, 3.05) is 5.32 Å². The number of anilines is 1. The molecule has 0 bridgehead atoms. The second kappa shape index (κ2) is 6.46. The summed E-state index contributed by atoms with van der Waals surface area (Å²) in [6.45, 7) is 1.66. The molecule has 5 nitrogen and oxygen atoms in total. The molecule has 1 saturated carbocycles. The second-order valence-corrected chi connectivity index (χ2v) is 6.80. The molecule has 2 aromatic rings. The van der Waals surface area contributed by atoms with Gasteiger partial charge in [-0.3, -0.25) is 4.79 Å². The first-order valence-electron chi connectivity index (χ1n) is 7.31. The van der Waals surface area contributed by atoms with Crippen LogP contribution in [-0.4, -0.2) is 21.4 Å². The molecule has 1 aromatic carbocycles. The number of rotatable bonds is 5. The SMILES string of the molecule is C[C@@H](Sc1nnc(C2CC2)o1)C(=O)Nc1ccc(C(F)(F)F)cc1. The Hall–Kier alpha value is -2.03. The van der Waals surface area contributed by atoms with Gasteiger partial charge < -0.3 is 9.73 Å². The first kappa shape index (κ1) is 16.8. The number of alkyl halides is 3. The molecule has 1 aliphatic carbocycles. The zero-order valence-corrected chi connectivity index (χ0v) is 13.4. The van der Waals surface area contributed by atoms with Gasteiger partial charge in [0.25, 0.3) is 5.22 Å². The first-order chi connectivity index (χ1) is 11.3. The van der Waals surface area contributed by atoms with E-state index in [4.69, 9.17) is 4.42 Å². The molecule has 0 aliphatic heterocycles. The number of carbonyl (C=O) groups excluding carboxylic acids is 1. The summed E-state index contributed by atoms with van der Waals surface area (Å²) in [4.78, 5) is 12.1. The van der Waals surface area contributed by atoms with Crippen LogP contribution in [0.5, 0.6) is 0 Å². The third-order valence-electron chi connectivity index (χ3n) is 3.48. The van der Waals surface area contributed by atoms with Crippen LogP contribution in [0.4, 0.5) is 18.9 Å². The van der Waals surface area contributed by atoms with Crippen molar-refractivity contribution in [1.82, 2.24) is 10.2 Å². The number of thioether (sulfide) groups is 1. The van der Waals surface area contributed by atoms with E-state index in [1.807, 2.05) is 0 Å². The van der Waals surface area contributed by atoms with Gasteiger partial charge in [0, 0.05) is 11.6 Å². The monoisotopic (exact) mass is 357 g/mol.